The summed E-state index contributed by atoms with van der Waals surface area (Å²) in [4.78, 5) is 14.7. The van der Waals surface area contributed by atoms with Gasteiger partial charge in [-0.1, -0.05) is 19.0 Å². The highest BCUT2D eigenvalue weighted by Gasteiger charge is 2.48. The van der Waals surface area contributed by atoms with Crippen molar-refractivity contribution >= 4 is 5.97 Å². The summed E-state index contributed by atoms with van der Waals surface area (Å²) >= 11 is 0. The van der Waals surface area contributed by atoms with Crippen molar-refractivity contribution in [3.63, 3.8) is 0 Å². The van der Waals surface area contributed by atoms with Crippen LogP contribution < -0.4 is 0 Å². The Bertz CT molecular complexity index is 736. The van der Waals surface area contributed by atoms with Gasteiger partial charge in [0.2, 0.25) is 0 Å². The van der Waals surface area contributed by atoms with E-state index in [0.717, 1.165) is 30.0 Å². The lowest BCUT2D eigenvalue weighted by Gasteiger charge is -2.30. The van der Waals surface area contributed by atoms with E-state index >= 15 is 0 Å². The normalized spacial score (nSPS) is 21.2. The zero-order chi connectivity index (χ0) is 18.0. The van der Waals surface area contributed by atoms with Gasteiger partial charge in [-0.3, -0.25) is 14.4 Å². The van der Waals surface area contributed by atoms with E-state index in [9.17, 15) is 4.79 Å². The molecule has 1 unspecified atom stereocenters. The van der Waals surface area contributed by atoms with Crippen molar-refractivity contribution in [2.45, 2.75) is 33.7 Å². The lowest BCUT2D eigenvalue weighted by atomic mass is 9.76. The van der Waals surface area contributed by atoms with Gasteiger partial charge in [0, 0.05) is 31.4 Å². The Morgan fingerprint density at radius 2 is 2.28 bits per heavy atom. The third kappa shape index (κ3) is 3.46. The van der Waals surface area contributed by atoms with Crippen LogP contribution in [0.2, 0.25) is 0 Å². The average Bonchev–Trinajstić information content (AvgIpc) is 3.28. The van der Waals surface area contributed by atoms with E-state index in [1.807, 2.05) is 26.2 Å². The van der Waals surface area contributed by atoms with Gasteiger partial charge in [0.1, 0.15) is 5.69 Å². The van der Waals surface area contributed by atoms with Crippen molar-refractivity contribution in [3.05, 3.63) is 24.2 Å². The van der Waals surface area contributed by atoms with E-state index in [2.05, 4.69) is 29.0 Å². The number of nitrogens with zero attached hydrogens (tertiary/aromatic N) is 4. The molecule has 2 aromatic heterocycles. The number of aryl methyl sites for hydroxylation is 1. The molecule has 1 saturated heterocycles. The molecule has 25 heavy (non-hydrogen) atoms. The van der Waals surface area contributed by atoms with Crippen molar-refractivity contribution < 1.29 is 14.1 Å². The van der Waals surface area contributed by atoms with Crippen molar-refractivity contribution in [2.24, 2.45) is 18.4 Å². The Labute approximate surface area is 147 Å². The van der Waals surface area contributed by atoms with Crippen molar-refractivity contribution in [2.75, 3.05) is 19.7 Å². The molecule has 0 aliphatic carbocycles. The first-order valence-corrected chi connectivity index (χ1v) is 8.79. The molecule has 0 bridgehead atoms. The van der Waals surface area contributed by atoms with E-state index in [1.165, 1.54) is 0 Å². The second-order valence-electron chi connectivity index (χ2n) is 7.07. The maximum absolute atomic E-state index is 12.5. The molecule has 0 saturated carbocycles. The van der Waals surface area contributed by atoms with Crippen LogP contribution >= 0.6 is 0 Å². The van der Waals surface area contributed by atoms with Gasteiger partial charge in [-0.2, -0.15) is 5.10 Å². The van der Waals surface area contributed by atoms with Crippen LogP contribution in [0, 0.1) is 11.3 Å². The number of likely N-dealkylation sites (tertiary alicyclic amines) is 1. The van der Waals surface area contributed by atoms with Crippen LogP contribution in [0.1, 0.15) is 33.0 Å². The molecule has 0 amide bonds. The number of hydrogen-bond donors (Lipinski definition) is 0. The second-order valence-corrected chi connectivity index (χ2v) is 7.07. The molecule has 0 spiro atoms. The zero-order valence-electron chi connectivity index (χ0n) is 15.4. The number of ether oxygens (including phenoxy) is 1. The molecule has 0 radical (unpaired) electrons. The molecule has 2 aromatic rings. The van der Waals surface area contributed by atoms with Crippen LogP contribution in [-0.4, -0.2) is 45.5 Å². The van der Waals surface area contributed by atoms with E-state index in [4.69, 9.17) is 9.26 Å². The van der Waals surface area contributed by atoms with Gasteiger partial charge in [-0.15, -0.1) is 0 Å². The fourth-order valence-electron chi connectivity index (χ4n) is 3.50. The maximum atomic E-state index is 12.5. The molecule has 3 heterocycles. The molecule has 1 fully saturated rings. The van der Waals surface area contributed by atoms with Crippen LogP contribution in [0.4, 0.5) is 0 Å². The number of carbonyl (C=O) groups is 1. The fraction of sp³-hybridized carbons (Fsp3) is 0.611. The average molecular weight is 346 g/mol. The summed E-state index contributed by atoms with van der Waals surface area (Å²) in [6.45, 7) is 8.63. The first kappa shape index (κ1) is 17.7. The standard InChI is InChI=1S/C18H26N4O3/c1-5-24-17(23)18(13(2)3)6-7-22(12-18)11-15-8-16(20-25-15)14-9-19-21(4)10-14/h8-10,13H,5-7,11-12H2,1-4H3. The van der Waals surface area contributed by atoms with Crippen LogP contribution in [0.25, 0.3) is 11.3 Å². The van der Waals surface area contributed by atoms with Gasteiger partial charge in [0.15, 0.2) is 5.76 Å². The molecule has 3 rings (SSSR count). The maximum Gasteiger partial charge on any atom is 0.313 e. The van der Waals surface area contributed by atoms with Gasteiger partial charge in [0.05, 0.1) is 24.8 Å². The number of esters is 1. The molecular formula is C18H26N4O3. The van der Waals surface area contributed by atoms with Crippen molar-refractivity contribution in [3.8, 4) is 11.3 Å². The van der Waals surface area contributed by atoms with Gasteiger partial charge in [-0.25, -0.2) is 0 Å². The molecule has 1 aliphatic rings. The summed E-state index contributed by atoms with van der Waals surface area (Å²) in [6.07, 6.45) is 4.48. The van der Waals surface area contributed by atoms with Gasteiger partial charge in [0.25, 0.3) is 0 Å². The summed E-state index contributed by atoms with van der Waals surface area (Å²) in [5, 5.41) is 8.29. The summed E-state index contributed by atoms with van der Waals surface area (Å²) in [5.41, 5.74) is 1.28. The minimum absolute atomic E-state index is 0.0823. The molecule has 1 aliphatic heterocycles. The van der Waals surface area contributed by atoms with E-state index in [-0.39, 0.29) is 11.9 Å². The van der Waals surface area contributed by atoms with E-state index < -0.39 is 5.41 Å². The molecule has 0 aromatic carbocycles. The van der Waals surface area contributed by atoms with Crippen molar-refractivity contribution in [1.82, 2.24) is 19.8 Å². The molecule has 7 heteroatoms. The molecule has 1 atom stereocenters. The van der Waals surface area contributed by atoms with Crippen LogP contribution in [0.3, 0.4) is 0 Å². The van der Waals surface area contributed by atoms with Gasteiger partial charge >= 0.3 is 5.97 Å². The third-order valence-electron chi connectivity index (χ3n) is 5.11. The number of carbonyl (C=O) groups excluding carboxylic acids is 1. The fourth-order valence-corrected chi connectivity index (χ4v) is 3.50. The Kier molecular flexibility index (Phi) is 4.94. The molecule has 0 N–H and O–H groups in total. The predicted molar refractivity (Wildman–Crippen MR) is 92.5 cm³/mol. The number of rotatable bonds is 6. The lowest BCUT2D eigenvalue weighted by Crippen LogP contribution is -2.40. The second kappa shape index (κ2) is 7.00. The summed E-state index contributed by atoms with van der Waals surface area (Å²) in [5.74, 6) is 0.945. The predicted octanol–water partition coefficient (Wildman–Crippen LogP) is 2.49. The summed E-state index contributed by atoms with van der Waals surface area (Å²) in [6, 6.07) is 1.94. The molecular weight excluding hydrogens is 320 g/mol. The minimum atomic E-state index is -0.428. The third-order valence-corrected chi connectivity index (χ3v) is 5.11. The Balaban J connectivity index is 1.68. The van der Waals surface area contributed by atoms with E-state index in [0.29, 0.717) is 19.7 Å². The van der Waals surface area contributed by atoms with Crippen LogP contribution in [-0.2, 0) is 23.1 Å². The van der Waals surface area contributed by atoms with Crippen LogP contribution in [0.5, 0.6) is 0 Å². The first-order chi connectivity index (χ1) is 11.9. The number of aromatic nitrogens is 3. The Hall–Kier alpha value is -2.15. The largest absolute Gasteiger partial charge is 0.466 e. The Morgan fingerprint density at radius 1 is 1.48 bits per heavy atom. The van der Waals surface area contributed by atoms with Gasteiger partial charge < -0.3 is 9.26 Å². The minimum Gasteiger partial charge on any atom is -0.466 e. The zero-order valence-corrected chi connectivity index (χ0v) is 15.4. The SMILES string of the molecule is CCOC(=O)C1(C(C)C)CCN(Cc2cc(-c3cnn(C)c3)no2)C1. The van der Waals surface area contributed by atoms with Crippen LogP contribution in [0.15, 0.2) is 23.0 Å². The Morgan fingerprint density at radius 3 is 2.92 bits per heavy atom. The lowest BCUT2D eigenvalue weighted by molar-refractivity contribution is -0.157. The van der Waals surface area contributed by atoms with Gasteiger partial charge in [-0.05, 0) is 25.8 Å². The molecule has 7 nitrogen and oxygen atoms in total. The highest BCUT2D eigenvalue weighted by atomic mass is 16.5. The highest BCUT2D eigenvalue weighted by Crippen LogP contribution is 2.39. The first-order valence-electron chi connectivity index (χ1n) is 8.79. The topological polar surface area (TPSA) is 73.4 Å². The summed E-state index contributed by atoms with van der Waals surface area (Å²) < 4.78 is 12.6. The quantitative estimate of drug-likeness (QED) is 0.748. The molecule has 136 valence electrons. The van der Waals surface area contributed by atoms with Crippen molar-refractivity contribution in [1.29, 1.82) is 0 Å². The smallest absolute Gasteiger partial charge is 0.313 e. The number of hydrogen-bond acceptors (Lipinski definition) is 6. The summed E-state index contributed by atoms with van der Waals surface area (Å²) in [7, 11) is 1.87. The van der Waals surface area contributed by atoms with E-state index in [1.54, 1.807) is 10.9 Å². The monoisotopic (exact) mass is 346 g/mol. The highest BCUT2D eigenvalue weighted by molar-refractivity contribution is 5.78.